The average molecular weight is 357 g/mol. The Balaban J connectivity index is 3.01. The minimum absolute atomic E-state index is 0.588. The topological polar surface area (TPSA) is 25.8 Å². The molecule has 1 heterocycles. The summed E-state index contributed by atoms with van der Waals surface area (Å²) in [6.45, 7) is 4.36. The molecular formula is C10H14ClIN2S. The van der Waals surface area contributed by atoms with Crippen LogP contribution in [0.25, 0.3) is 0 Å². The summed E-state index contributed by atoms with van der Waals surface area (Å²) in [5.74, 6) is 2.25. The number of rotatable bonds is 4. The standard InChI is InChI=1S/C10H14ClIN2S/c1-6(2)4-7-9(12)10(11)14-8(13-7)5-15-3/h6H,4-5H2,1-3H3. The Labute approximate surface area is 114 Å². The molecule has 5 heteroatoms. The van der Waals surface area contributed by atoms with Gasteiger partial charge in [0.05, 0.1) is 15.0 Å². The summed E-state index contributed by atoms with van der Waals surface area (Å²) in [6, 6.07) is 0. The van der Waals surface area contributed by atoms with Crippen molar-refractivity contribution in [3.8, 4) is 0 Å². The van der Waals surface area contributed by atoms with Gasteiger partial charge in [0.1, 0.15) is 11.0 Å². The molecule has 0 aliphatic rings. The summed E-state index contributed by atoms with van der Waals surface area (Å²) in [5, 5.41) is 0.588. The zero-order valence-electron chi connectivity index (χ0n) is 9.05. The SMILES string of the molecule is CSCc1nc(Cl)c(I)c(CC(C)C)n1. The Morgan fingerprint density at radius 1 is 1.40 bits per heavy atom. The molecule has 0 atom stereocenters. The van der Waals surface area contributed by atoms with Crippen LogP contribution in [0.4, 0.5) is 0 Å². The second-order valence-electron chi connectivity index (χ2n) is 3.72. The van der Waals surface area contributed by atoms with Crippen molar-refractivity contribution in [2.24, 2.45) is 5.92 Å². The van der Waals surface area contributed by atoms with Crippen LogP contribution in [0.1, 0.15) is 25.4 Å². The molecule has 1 aromatic rings. The molecule has 0 fully saturated rings. The van der Waals surface area contributed by atoms with Gasteiger partial charge in [-0.15, -0.1) is 0 Å². The van der Waals surface area contributed by atoms with Crippen molar-refractivity contribution in [3.05, 3.63) is 20.2 Å². The van der Waals surface area contributed by atoms with Crippen LogP contribution in [0.15, 0.2) is 0 Å². The van der Waals surface area contributed by atoms with E-state index in [-0.39, 0.29) is 0 Å². The van der Waals surface area contributed by atoms with E-state index in [4.69, 9.17) is 11.6 Å². The van der Waals surface area contributed by atoms with E-state index in [0.717, 1.165) is 27.3 Å². The highest BCUT2D eigenvalue weighted by molar-refractivity contribution is 14.1. The van der Waals surface area contributed by atoms with E-state index in [1.54, 1.807) is 11.8 Å². The number of nitrogens with zero attached hydrogens (tertiary/aromatic N) is 2. The second kappa shape index (κ2) is 6.25. The van der Waals surface area contributed by atoms with Gasteiger partial charge in [0.15, 0.2) is 0 Å². The molecule has 1 aromatic heterocycles. The molecule has 1 rings (SSSR count). The fourth-order valence-corrected chi connectivity index (χ4v) is 2.28. The first-order valence-corrected chi connectivity index (χ1v) is 7.59. The Morgan fingerprint density at radius 3 is 2.60 bits per heavy atom. The minimum atomic E-state index is 0.588. The molecule has 0 aliphatic heterocycles. The maximum absolute atomic E-state index is 6.07. The van der Waals surface area contributed by atoms with Gasteiger partial charge in [-0.3, -0.25) is 0 Å². The Bertz CT molecular complexity index is 344. The molecule has 0 aliphatic carbocycles. The van der Waals surface area contributed by atoms with Gasteiger partial charge in [-0.05, 0) is 41.2 Å². The molecule has 0 radical (unpaired) electrons. The number of thioether (sulfide) groups is 1. The Hall–Kier alpha value is 0.450. The molecule has 0 N–H and O–H groups in total. The van der Waals surface area contributed by atoms with E-state index >= 15 is 0 Å². The largest absolute Gasteiger partial charge is 0.236 e. The smallest absolute Gasteiger partial charge is 0.146 e. The monoisotopic (exact) mass is 356 g/mol. The summed E-state index contributed by atoms with van der Waals surface area (Å²) in [5.41, 5.74) is 1.08. The van der Waals surface area contributed by atoms with E-state index in [1.807, 2.05) is 6.26 Å². The third-order valence-electron chi connectivity index (χ3n) is 1.80. The Kier molecular flexibility index (Phi) is 5.63. The van der Waals surface area contributed by atoms with Gasteiger partial charge >= 0.3 is 0 Å². The van der Waals surface area contributed by atoms with E-state index in [0.29, 0.717) is 11.1 Å². The molecule has 2 nitrogen and oxygen atoms in total. The van der Waals surface area contributed by atoms with Crippen LogP contribution in [0.3, 0.4) is 0 Å². The lowest BCUT2D eigenvalue weighted by Gasteiger charge is -2.09. The van der Waals surface area contributed by atoms with Gasteiger partial charge in [0, 0.05) is 0 Å². The van der Waals surface area contributed by atoms with Crippen LogP contribution in [0, 0.1) is 9.49 Å². The summed E-state index contributed by atoms with van der Waals surface area (Å²) < 4.78 is 0.993. The first-order chi connectivity index (χ1) is 7.04. The van der Waals surface area contributed by atoms with E-state index in [2.05, 4.69) is 46.4 Å². The van der Waals surface area contributed by atoms with E-state index in [9.17, 15) is 0 Å². The molecular weight excluding hydrogens is 343 g/mol. The summed E-state index contributed by atoms with van der Waals surface area (Å²) in [7, 11) is 0. The number of aromatic nitrogens is 2. The highest BCUT2D eigenvalue weighted by Gasteiger charge is 2.11. The summed E-state index contributed by atoms with van der Waals surface area (Å²) in [6.07, 6.45) is 3.00. The van der Waals surface area contributed by atoms with Crippen LogP contribution in [0.2, 0.25) is 5.15 Å². The van der Waals surface area contributed by atoms with Crippen molar-refractivity contribution in [3.63, 3.8) is 0 Å². The van der Waals surface area contributed by atoms with Gasteiger partial charge < -0.3 is 0 Å². The summed E-state index contributed by atoms with van der Waals surface area (Å²) >= 11 is 10.0. The second-order valence-corrected chi connectivity index (χ2v) is 6.03. The van der Waals surface area contributed by atoms with Crippen molar-refractivity contribution in [2.45, 2.75) is 26.0 Å². The van der Waals surface area contributed by atoms with E-state index < -0.39 is 0 Å². The predicted molar refractivity (Wildman–Crippen MR) is 75.5 cm³/mol. The van der Waals surface area contributed by atoms with Crippen molar-refractivity contribution < 1.29 is 0 Å². The van der Waals surface area contributed by atoms with Gasteiger partial charge in [0.25, 0.3) is 0 Å². The molecule has 0 saturated carbocycles. The van der Waals surface area contributed by atoms with Crippen LogP contribution in [-0.2, 0) is 12.2 Å². The first kappa shape index (κ1) is 13.5. The van der Waals surface area contributed by atoms with Crippen molar-refractivity contribution in [2.75, 3.05) is 6.26 Å². The van der Waals surface area contributed by atoms with Crippen molar-refractivity contribution >= 4 is 46.0 Å². The predicted octanol–water partition coefficient (Wildman–Crippen LogP) is 3.80. The fourth-order valence-electron chi connectivity index (χ4n) is 1.23. The highest BCUT2D eigenvalue weighted by Crippen LogP contribution is 2.22. The zero-order chi connectivity index (χ0) is 11.4. The minimum Gasteiger partial charge on any atom is -0.236 e. The van der Waals surface area contributed by atoms with Crippen molar-refractivity contribution in [1.82, 2.24) is 9.97 Å². The average Bonchev–Trinajstić information content (AvgIpc) is 2.13. The lowest BCUT2D eigenvalue weighted by molar-refractivity contribution is 0.629. The van der Waals surface area contributed by atoms with Gasteiger partial charge in [-0.25, -0.2) is 9.97 Å². The molecule has 0 bridgehead atoms. The van der Waals surface area contributed by atoms with Gasteiger partial charge in [-0.2, -0.15) is 11.8 Å². The molecule has 0 saturated heterocycles. The molecule has 0 aromatic carbocycles. The maximum atomic E-state index is 6.07. The lowest BCUT2D eigenvalue weighted by Crippen LogP contribution is -2.05. The Morgan fingerprint density at radius 2 is 2.07 bits per heavy atom. The number of halogens is 2. The third-order valence-corrected chi connectivity index (χ3v) is 4.07. The molecule has 0 spiro atoms. The third kappa shape index (κ3) is 4.07. The molecule has 0 amide bonds. The molecule has 84 valence electrons. The quantitative estimate of drug-likeness (QED) is 0.606. The normalized spacial score (nSPS) is 11.1. The number of hydrogen-bond donors (Lipinski definition) is 0. The number of hydrogen-bond acceptors (Lipinski definition) is 3. The van der Waals surface area contributed by atoms with Gasteiger partial charge in [-0.1, -0.05) is 25.4 Å². The summed E-state index contributed by atoms with van der Waals surface area (Å²) in [4.78, 5) is 8.80. The van der Waals surface area contributed by atoms with Crippen LogP contribution in [0.5, 0.6) is 0 Å². The lowest BCUT2D eigenvalue weighted by atomic mass is 10.1. The highest BCUT2D eigenvalue weighted by atomic mass is 127. The van der Waals surface area contributed by atoms with Crippen LogP contribution in [-0.4, -0.2) is 16.2 Å². The molecule has 15 heavy (non-hydrogen) atoms. The van der Waals surface area contributed by atoms with Crippen LogP contribution < -0.4 is 0 Å². The van der Waals surface area contributed by atoms with Crippen LogP contribution >= 0.6 is 46.0 Å². The maximum Gasteiger partial charge on any atom is 0.146 e. The van der Waals surface area contributed by atoms with E-state index in [1.165, 1.54) is 0 Å². The molecule has 0 unspecified atom stereocenters. The fraction of sp³-hybridized carbons (Fsp3) is 0.600. The van der Waals surface area contributed by atoms with Gasteiger partial charge in [0.2, 0.25) is 0 Å². The van der Waals surface area contributed by atoms with Crippen molar-refractivity contribution in [1.29, 1.82) is 0 Å². The zero-order valence-corrected chi connectivity index (χ0v) is 12.8. The first-order valence-electron chi connectivity index (χ1n) is 4.74.